The Bertz CT molecular complexity index is 1010. The first kappa shape index (κ1) is 46.9. The first-order valence-electron chi connectivity index (χ1n) is 20.1. The number of nitrogens with one attached hydrogen (secondary N) is 1. The van der Waals surface area contributed by atoms with Crippen LogP contribution < -0.4 is 16.0 Å². The highest BCUT2D eigenvalue weighted by atomic mass is 35.5. The molecule has 0 radical (unpaired) electrons. The third kappa shape index (κ3) is 19.9. The fourth-order valence-electron chi connectivity index (χ4n) is 6.47. The number of methoxy groups -OCH3 is 1. The summed E-state index contributed by atoms with van der Waals surface area (Å²) >= 11 is 11.8. The summed E-state index contributed by atoms with van der Waals surface area (Å²) in [6, 6.07) is 7.25. The molecule has 2 rings (SSSR count). The number of amides is 1. The minimum atomic E-state index is -1.27. The summed E-state index contributed by atoms with van der Waals surface area (Å²) in [4.78, 5) is 14.8. The number of aliphatic hydroxyl groups excluding tert-OH is 2. The van der Waals surface area contributed by atoms with Gasteiger partial charge in [-0.25, -0.2) is 0 Å². The van der Waals surface area contributed by atoms with Crippen molar-refractivity contribution in [2.75, 3.05) is 63.2 Å². The molecule has 1 aliphatic rings. The van der Waals surface area contributed by atoms with E-state index in [1.165, 1.54) is 77.0 Å². The number of halogens is 2. The van der Waals surface area contributed by atoms with Gasteiger partial charge in [-0.05, 0) is 37.0 Å². The molecule has 10 nitrogen and oxygen atoms in total. The smallest absolute Gasteiger partial charge is 0.220 e. The van der Waals surface area contributed by atoms with Gasteiger partial charge in [-0.3, -0.25) is 4.79 Å². The van der Waals surface area contributed by atoms with Crippen LogP contribution in [0.5, 0.6) is 0 Å². The van der Waals surface area contributed by atoms with Crippen molar-refractivity contribution in [1.82, 2.24) is 5.32 Å². The molecule has 52 heavy (non-hydrogen) atoms. The molecule has 0 spiro atoms. The van der Waals surface area contributed by atoms with Gasteiger partial charge in [0, 0.05) is 57.2 Å². The molecule has 1 heterocycles. The van der Waals surface area contributed by atoms with Crippen LogP contribution in [0, 0.1) is 0 Å². The van der Waals surface area contributed by atoms with Gasteiger partial charge in [-0.15, -0.1) is 23.2 Å². The molecule has 1 aromatic carbocycles. The van der Waals surface area contributed by atoms with Crippen molar-refractivity contribution in [1.29, 1.82) is 0 Å². The largest absolute Gasteiger partial charge is 0.388 e. The van der Waals surface area contributed by atoms with Crippen LogP contribution >= 0.6 is 23.2 Å². The Kier molecular flexibility index (Phi) is 27.1. The normalized spacial score (nSPS) is 20.9. The fraction of sp³-hybridized carbons (Fsp3) is 0.825. The maximum atomic E-state index is 12.6. The number of anilines is 1. The Hall–Kier alpha value is -1.21. The summed E-state index contributed by atoms with van der Waals surface area (Å²) in [6.07, 6.45) is 15.4. The van der Waals surface area contributed by atoms with Crippen molar-refractivity contribution in [3.8, 4) is 0 Å². The summed E-state index contributed by atoms with van der Waals surface area (Å²) in [5, 5.41) is 24.0. The summed E-state index contributed by atoms with van der Waals surface area (Å²) in [5.74, 6) is 0.888. The third-order valence-electron chi connectivity index (χ3n) is 9.85. The molecule has 1 aliphatic heterocycles. The van der Waals surface area contributed by atoms with E-state index >= 15 is 0 Å². The Balaban J connectivity index is 1.59. The highest BCUT2D eigenvalue weighted by molar-refractivity contribution is 6.18. The maximum absolute atomic E-state index is 12.6. The van der Waals surface area contributed by atoms with E-state index in [1.54, 1.807) is 7.11 Å². The lowest BCUT2D eigenvalue weighted by atomic mass is 9.97. The first-order chi connectivity index (χ1) is 25.3. The van der Waals surface area contributed by atoms with Gasteiger partial charge in [0.1, 0.15) is 24.4 Å². The standard InChI is InChI=1S/C40H71Cl2N3O7/c1-3-4-5-6-7-8-9-10-11-12-13-14-15-16-28-50-30-34(49-2)31-51-40-37(43)39(48)38(47)35(52-40)29-44-36(46)19-17-18-32-20-22-33(23-21-32)45(26-24-41)27-25-42/h20-23,34-35,37-40,47-48H,3-19,24-31,43H2,1-2H3,(H,44,46)/t34-,35-,37-,38-,39-,40+/m1/s1. The number of ether oxygens (including phenoxy) is 4. The van der Waals surface area contributed by atoms with Crippen LogP contribution in [-0.4, -0.2) is 111 Å². The number of rotatable bonds is 32. The van der Waals surface area contributed by atoms with Crippen LogP contribution in [0.3, 0.4) is 0 Å². The summed E-state index contributed by atoms with van der Waals surface area (Å²) in [5.41, 5.74) is 8.34. The van der Waals surface area contributed by atoms with E-state index in [-0.39, 0.29) is 25.2 Å². The zero-order valence-corrected chi connectivity index (χ0v) is 33.7. The van der Waals surface area contributed by atoms with Crippen molar-refractivity contribution in [3.05, 3.63) is 29.8 Å². The molecular formula is C40H71Cl2N3O7. The Morgan fingerprint density at radius 3 is 2.00 bits per heavy atom. The molecular weight excluding hydrogens is 705 g/mol. The van der Waals surface area contributed by atoms with Gasteiger partial charge in [0.15, 0.2) is 6.29 Å². The number of hydrogen-bond donors (Lipinski definition) is 4. The number of nitrogens with two attached hydrogens (primary N) is 1. The molecule has 0 bridgehead atoms. The van der Waals surface area contributed by atoms with Crippen LogP contribution in [0.15, 0.2) is 24.3 Å². The Morgan fingerprint density at radius 1 is 0.865 bits per heavy atom. The third-order valence-corrected chi connectivity index (χ3v) is 10.2. The first-order valence-corrected chi connectivity index (χ1v) is 21.1. The lowest BCUT2D eigenvalue weighted by Gasteiger charge is -2.41. The van der Waals surface area contributed by atoms with Gasteiger partial charge in [0.05, 0.1) is 19.3 Å². The number of carbonyl (C=O) groups excluding carboxylic acids is 1. The SMILES string of the molecule is CCCCCCCCCCCCCCCCOC[C@H](CO[C@H]1O[C@H](CNC(=O)CCCc2ccc(N(CCCl)CCCl)cc2)[C@@H](O)[C@H](O)[C@H]1N)OC. The molecule has 1 fully saturated rings. The van der Waals surface area contributed by atoms with Gasteiger partial charge in [-0.1, -0.05) is 103 Å². The molecule has 1 saturated heterocycles. The number of aryl methyl sites for hydroxylation is 1. The predicted octanol–water partition coefficient (Wildman–Crippen LogP) is 6.71. The zero-order chi connectivity index (χ0) is 37.8. The number of aliphatic hydroxyl groups is 2. The molecule has 6 atom stereocenters. The van der Waals surface area contributed by atoms with Crippen LogP contribution in [0.2, 0.25) is 0 Å². The molecule has 1 amide bonds. The average Bonchev–Trinajstić information content (AvgIpc) is 3.15. The van der Waals surface area contributed by atoms with Crippen LogP contribution in [-0.2, 0) is 30.2 Å². The summed E-state index contributed by atoms with van der Waals surface area (Å²) < 4.78 is 23.2. The number of carbonyl (C=O) groups is 1. The van der Waals surface area contributed by atoms with Crippen LogP contribution in [0.4, 0.5) is 5.69 Å². The van der Waals surface area contributed by atoms with Gasteiger partial charge in [0.2, 0.25) is 5.91 Å². The zero-order valence-electron chi connectivity index (χ0n) is 32.2. The van der Waals surface area contributed by atoms with E-state index in [4.69, 9.17) is 47.9 Å². The number of benzene rings is 1. The van der Waals surface area contributed by atoms with Gasteiger partial charge >= 0.3 is 0 Å². The second kappa shape index (κ2) is 30.1. The van der Waals surface area contributed by atoms with Crippen molar-refractivity contribution in [2.24, 2.45) is 5.73 Å². The summed E-state index contributed by atoms with van der Waals surface area (Å²) in [7, 11) is 1.59. The topological polar surface area (TPSA) is 136 Å². The molecule has 0 aliphatic carbocycles. The quantitative estimate of drug-likeness (QED) is 0.0465. The Morgan fingerprint density at radius 2 is 1.44 bits per heavy atom. The number of hydrogen-bond acceptors (Lipinski definition) is 9. The van der Waals surface area contributed by atoms with Crippen molar-refractivity contribution >= 4 is 34.8 Å². The molecule has 0 unspecified atom stereocenters. The molecule has 1 aromatic rings. The van der Waals surface area contributed by atoms with Gasteiger partial charge in [0.25, 0.3) is 0 Å². The highest BCUT2D eigenvalue weighted by Gasteiger charge is 2.43. The van der Waals surface area contributed by atoms with E-state index in [0.717, 1.165) is 43.6 Å². The van der Waals surface area contributed by atoms with E-state index in [0.29, 0.717) is 37.8 Å². The van der Waals surface area contributed by atoms with Crippen molar-refractivity contribution < 1.29 is 34.0 Å². The monoisotopic (exact) mass is 775 g/mol. The van der Waals surface area contributed by atoms with E-state index in [2.05, 4.69) is 29.3 Å². The molecule has 5 N–H and O–H groups in total. The minimum Gasteiger partial charge on any atom is -0.388 e. The van der Waals surface area contributed by atoms with Crippen molar-refractivity contribution in [3.63, 3.8) is 0 Å². The Labute approximate surface area is 324 Å². The number of nitrogens with zero attached hydrogens (tertiary/aromatic N) is 1. The van der Waals surface area contributed by atoms with E-state index in [1.807, 2.05) is 12.1 Å². The summed E-state index contributed by atoms with van der Waals surface area (Å²) in [6.45, 7) is 4.92. The highest BCUT2D eigenvalue weighted by Crippen LogP contribution is 2.22. The predicted molar refractivity (Wildman–Crippen MR) is 213 cm³/mol. The molecule has 302 valence electrons. The maximum Gasteiger partial charge on any atom is 0.220 e. The lowest BCUT2D eigenvalue weighted by Crippen LogP contribution is -2.63. The van der Waals surface area contributed by atoms with Crippen LogP contribution in [0.25, 0.3) is 0 Å². The number of alkyl halides is 2. The molecule has 0 aromatic heterocycles. The fourth-order valence-corrected chi connectivity index (χ4v) is 6.88. The van der Waals surface area contributed by atoms with Crippen molar-refractivity contribution in [2.45, 2.75) is 153 Å². The van der Waals surface area contributed by atoms with E-state index < -0.39 is 30.6 Å². The molecule has 12 heteroatoms. The average molecular weight is 777 g/mol. The minimum absolute atomic E-state index is 0.0192. The van der Waals surface area contributed by atoms with E-state index in [9.17, 15) is 15.0 Å². The lowest BCUT2D eigenvalue weighted by molar-refractivity contribution is -0.264. The van der Waals surface area contributed by atoms with Gasteiger partial charge < -0.3 is 45.1 Å². The number of unbranched alkanes of at least 4 members (excludes halogenated alkanes) is 13. The van der Waals surface area contributed by atoms with Gasteiger partial charge in [-0.2, -0.15) is 0 Å². The molecule has 0 saturated carbocycles. The second-order valence-electron chi connectivity index (χ2n) is 14.2. The van der Waals surface area contributed by atoms with Crippen LogP contribution in [0.1, 0.15) is 115 Å². The second-order valence-corrected chi connectivity index (χ2v) is 14.9.